The number of carboxylic acid groups (broad SMARTS) is 1. The first kappa shape index (κ1) is 36.8. The summed E-state index contributed by atoms with van der Waals surface area (Å²) in [4.78, 5) is 38.4. The van der Waals surface area contributed by atoms with Gasteiger partial charge >= 0.3 is 12.1 Å². The summed E-state index contributed by atoms with van der Waals surface area (Å²) in [5.74, 6) is -3.39. The molecule has 18 heteroatoms. The molecule has 1 saturated carbocycles. The van der Waals surface area contributed by atoms with Gasteiger partial charge in [-0.05, 0) is 68.2 Å². The number of alkyl halides is 3. The number of amides is 2. The van der Waals surface area contributed by atoms with Crippen molar-refractivity contribution < 1.29 is 50.9 Å². The van der Waals surface area contributed by atoms with Crippen molar-refractivity contribution in [2.75, 3.05) is 30.9 Å². The zero-order chi connectivity index (χ0) is 34.2. The molecule has 3 aliphatic rings. The fourth-order valence-electron chi connectivity index (χ4n) is 5.87. The number of nitrogens with one attached hydrogen (secondary N) is 3. The number of aliphatic hydroxyl groups is 1. The number of nitrogens with two attached hydrogens (primary N) is 1. The van der Waals surface area contributed by atoms with Gasteiger partial charge in [0.25, 0.3) is 0 Å². The summed E-state index contributed by atoms with van der Waals surface area (Å²) in [6, 6.07) is 3.50. The topological polar surface area (TPSA) is 215 Å². The zero-order valence-electron chi connectivity index (χ0n) is 25.4. The van der Waals surface area contributed by atoms with Gasteiger partial charge in [0.15, 0.2) is 5.96 Å². The number of hydrogen-bond donors (Lipinski definition) is 6. The number of likely N-dealkylation sites (tertiary alicyclic amines) is 1. The van der Waals surface area contributed by atoms with E-state index in [1.54, 1.807) is 18.2 Å². The molecule has 0 radical (unpaired) electrons. The average molecular weight is 679 g/mol. The SMILES string of the molecule is COc1ccc2c(c1)CC[C@H](NS(=O)(=O)CC1CCCCC1)C(=O)N2CC(=O)N[C@H]1CCCN(C(=N)N)C1O.O=C(O)C(F)(F)F. The highest BCUT2D eigenvalue weighted by Gasteiger charge is 2.39. The molecule has 1 saturated heterocycles. The number of aliphatic hydroxyl groups excluding tert-OH is 1. The van der Waals surface area contributed by atoms with E-state index in [0.717, 1.165) is 37.7 Å². The summed E-state index contributed by atoms with van der Waals surface area (Å²) in [6.45, 7) is 0.0493. The molecule has 1 aromatic carbocycles. The number of benzene rings is 1. The number of nitrogens with zero attached hydrogens (tertiary/aromatic N) is 2. The Hall–Kier alpha value is -3.64. The van der Waals surface area contributed by atoms with E-state index in [4.69, 9.17) is 25.8 Å². The summed E-state index contributed by atoms with van der Waals surface area (Å²) < 4.78 is 65.9. The number of carboxylic acids is 1. The second-order valence-electron chi connectivity index (χ2n) is 11.5. The van der Waals surface area contributed by atoms with E-state index >= 15 is 0 Å². The fourth-order valence-corrected chi connectivity index (χ4v) is 7.57. The van der Waals surface area contributed by atoms with E-state index in [1.807, 2.05) is 0 Å². The van der Waals surface area contributed by atoms with Crippen molar-refractivity contribution in [1.82, 2.24) is 14.9 Å². The first-order valence-electron chi connectivity index (χ1n) is 14.9. The maximum atomic E-state index is 13.8. The van der Waals surface area contributed by atoms with Crippen LogP contribution in [0.1, 0.15) is 56.9 Å². The molecule has 7 N–H and O–H groups in total. The van der Waals surface area contributed by atoms with Crippen LogP contribution in [-0.4, -0.2) is 97.7 Å². The highest BCUT2D eigenvalue weighted by molar-refractivity contribution is 7.89. The Balaban J connectivity index is 0.000000738. The van der Waals surface area contributed by atoms with Gasteiger partial charge in [-0.1, -0.05) is 19.3 Å². The molecule has 14 nitrogen and oxygen atoms in total. The number of methoxy groups -OCH3 is 1. The van der Waals surface area contributed by atoms with Crippen molar-refractivity contribution in [3.05, 3.63) is 23.8 Å². The average Bonchev–Trinajstić information content (AvgIpc) is 3.10. The molecule has 1 aromatic rings. The molecule has 2 fully saturated rings. The lowest BCUT2D eigenvalue weighted by atomic mass is 9.91. The number of piperidine rings is 1. The van der Waals surface area contributed by atoms with Gasteiger partial charge in [-0.25, -0.2) is 17.9 Å². The fraction of sp³-hybridized carbons (Fsp3) is 0.643. The molecule has 0 bridgehead atoms. The highest BCUT2D eigenvalue weighted by atomic mass is 32.2. The monoisotopic (exact) mass is 678 g/mol. The van der Waals surface area contributed by atoms with Crippen LogP contribution < -0.4 is 25.4 Å². The number of aliphatic carboxylic acids is 1. The van der Waals surface area contributed by atoms with Crippen molar-refractivity contribution in [2.45, 2.75) is 82.3 Å². The summed E-state index contributed by atoms with van der Waals surface area (Å²) in [7, 11) is -2.18. The van der Waals surface area contributed by atoms with Crippen molar-refractivity contribution in [2.24, 2.45) is 11.7 Å². The van der Waals surface area contributed by atoms with Gasteiger partial charge < -0.3 is 35.8 Å². The number of anilines is 1. The van der Waals surface area contributed by atoms with E-state index in [-0.39, 0.29) is 30.6 Å². The molecule has 1 unspecified atom stereocenters. The lowest BCUT2D eigenvalue weighted by Crippen LogP contribution is -2.59. The summed E-state index contributed by atoms with van der Waals surface area (Å²) in [5.41, 5.74) is 6.84. The number of fused-ring (bicyclic) bond motifs is 1. The molecule has 4 rings (SSSR count). The number of hydrogen-bond acceptors (Lipinski definition) is 8. The number of carbonyl (C=O) groups excluding carboxylic acids is 2. The minimum Gasteiger partial charge on any atom is -0.497 e. The third kappa shape index (κ3) is 10.2. The Morgan fingerprint density at radius 1 is 1.13 bits per heavy atom. The molecule has 0 spiro atoms. The number of guanidine groups is 1. The maximum Gasteiger partial charge on any atom is 0.490 e. The van der Waals surface area contributed by atoms with Gasteiger partial charge in [-0.15, -0.1) is 0 Å². The van der Waals surface area contributed by atoms with Crippen molar-refractivity contribution in [1.29, 1.82) is 5.41 Å². The molecule has 2 heterocycles. The van der Waals surface area contributed by atoms with Crippen LogP contribution in [0.4, 0.5) is 18.9 Å². The number of halogens is 3. The normalized spacial score (nSPS) is 22.5. The number of rotatable bonds is 8. The van der Waals surface area contributed by atoms with Crippen LogP contribution >= 0.6 is 0 Å². The van der Waals surface area contributed by atoms with Gasteiger partial charge in [0.1, 0.15) is 24.6 Å². The van der Waals surface area contributed by atoms with Crippen molar-refractivity contribution >= 4 is 39.5 Å². The largest absolute Gasteiger partial charge is 0.497 e. The van der Waals surface area contributed by atoms with Crippen LogP contribution in [0.3, 0.4) is 0 Å². The standard InChI is InChI=1S/C26H40N6O6S.C2HF3O2/c1-38-19-10-12-22-18(14-19)9-11-21(30-39(36,37)16-17-6-3-2-4-7-17)25(35)32(22)15-23(33)29-20-8-5-13-31(24(20)34)26(27)28;3-2(4,5)1(6)7/h10,12,14,17,20-21,24,30,34H,2-9,11,13,15-16H2,1H3,(H3,27,28)(H,29,33);(H,6,7)/t20-,21-,24?;/m0./s1. The smallest absolute Gasteiger partial charge is 0.490 e. The predicted octanol–water partition coefficient (Wildman–Crippen LogP) is 1.27. The van der Waals surface area contributed by atoms with Gasteiger partial charge in [-0.2, -0.15) is 13.2 Å². The third-order valence-corrected chi connectivity index (χ3v) is 9.69. The summed E-state index contributed by atoms with van der Waals surface area (Å²) in [6.07, 6.45) is 0.420. The van der Waals surface area contributed by atoms with E-state index in [9.17, 15) is 36.3 Å². The Morgan fingerprint density at radius 3 is 2.37 bits per heavy atom. The Morgan fingerprint density at radius 2 is 1.78 bits per heavy atom. The van der Waals surface area contributed by atoms with Crippen LogP contribution in [-0.2, 0) is 30.8 Å². The van der Waals surface area contributed by atoms with Crippen LogP contribution in [0.5, 0.6) is 5.75 Å². The lowest BCUT2D eigenvalue weighted by molar-refractivity contribution is -0.192. The number of aryl methyl sites for hydroxylation is 1. The minimum absolute atomic E-state index is 0.00967. The van der Waals surface area contributed by atoms with Crippen LogP contribution in [0.25, 0.3) is 0 Å². The molecule has 1 aliphatic carbocycles. The molecule has 3 atom stereocenters. The molecule has 2 aliphatic heterocycles. The summed E-state index contributed by atoms with van der Waals surface area (Å²) >= 11 is 0. The van der Waals surface area contributed by atoms with Crippen LogP contribution in [0.15, 0.2) is 18.2 Å². The number of sulfonamides is 1. The first-order valence-corrected chi connectivity index (χ1v) is 16.5. The van der Waals surface area contributed by atoms with Gasteiger partial charge in [0.2, 0.25) is 21.8 Å². The van der Waals surface area contributed by atoms with E-state index in [2.05, 4.69) is 10.0 Å². The zero-order valence-corrected chi connectivity index (χ0v) is 26.2. The maximum absolute atomic E-state index is 13.8. The van der Waals surface area contributed by atoms with Gasteiger partial charge in [-0.3, -0.25) is 15.0 Å². The number of ether oxygens (including phenoxy) is 1. The molecule has 0 aromatic heterocycles. The molecular formula is C28H41F3N6O8S. The van der Waals surface area contributed by atoms with Gasteiger partial charge in [0.05, 0.1) is 18.9 Å². The minimum atomic E-state index is -5.08. The van der Waals surface area contributed by atoms with Crippen molar-refractivity contribution in [3.63, 3.8) is 0 Å². The second-order valence-corrected chi connectivity index (χ2v) is 13.3. The number of carbonyl (C=O) groups is 3. The lowest BCUT2D eigenvalue weighted by Gasteiger charge is -2.38. The quantitative estimate of drug-likeness (QED) is 0.171. The van der Waals surface area contributed by atoms with E-state index in [1.165, 1.54) is 16.9 Å². The Bertz CT molecular complexity index is 1370. The van der Waals surface area contributed by atoms with Crippen molar-refractivity contribution in [3.8, 4) is 5.75 Å². The first-order chi connectivity index (χ1) is 21.5. The van der Waals surface area contributed by atoms with Gasteiger partial charge in [0, 0.05) is 12.2 Å². The van der Waals surface area contributed by atoms with Crippen LogP contribution in [0, 0.1) is 11.3 Å². The molecule has 46 heavy (non-hydrogen) atoms. The molecular weight excluding hydrogens is 637 g/mol. The Kier molecular flexibility index (Phi) is 12.6. The third-order valence-electron chi connectivity index (χ3n) is 8.14. The molecule has 2 amide bonds. The predicted molar refractivity (Wildman–Crippen MR) is 160 cm³/mol. The van der Waals surface area contributed by atoms with E-state index < -0.39 is 52.3 Å². The second kappa shape index (κ2) is 15.8. The highest BCUT2D eigenvalue weighted by Crippen LogP contribution is 2.31. The summed E-state index contributed by atoms with van der Waals surface area (Å²) in [5, 5.41) is 28.1. The van der Waals surface area contributed by atoms with Crippen LogP contribution in [0.2, 0.25) is 0 Å². The van der Waals surface area contributed by atoms with E-state index in [0.29, 0.717) is 37.2 Å². The Labute approximate surface area is 265 Å². The molecule has 258 valence electrons.